The molecule has 0 bridgehead atoms. The number of aryl methyl sites for hydroxylation is 1. The van der Waals surface area contributed by atoms with E-state index in [1.165, 1.54) is 12.1 Å². The van der Waals surface area contributed by atoms with Crippen LogP contribution in [0, 0.1) is 18.3 Å². The number of nitrogens with zero attached hydrogens (tertiary/aromatic N) is 1. The molecule has 0 heterocycles. The van der Waals surface area contributed by atoms with Crippen molar-refractivity contribution in [1.29, 1.82) is 5.26 Å². The Kier molecular flexibility index (Phi) is 4.14. The van der Waals surface area contributed by atoms with Gasteiger partial charge in [0, 0.05) is 0 Å². The van der Waals surface area contributed by atoms with Crippen molar-refractivity contribution in [3.05, 3.63) is 29.8 Å². The topological polar surface area (TPSA) is 98.4 Å². The first-order valence-electron chi connectivity index (χ1n) is 5.16. The van der Waals surface area contributed by atoms with E-state index in [4.69, 9.17) is 15.5 Å². The molecule has 1 rings (SSSR count). The van der Waals surface area contributed by atoms with Crippen LogP contribution in [0.1, 0.15) is 5.56 Å². The van der Waals surface area contributed by atoms with Gasteiger partial charge in [-0.2, -0.15) is 18.4 Å². The zero-order valence-corrected chi connectivity index (χ0v) is 10.9. The standard InChI is InChI=1S/C11H10F3NO4S/c1-7-2-4-8(5-3-7)20(18,19)9(6-15)10(16,17)11(12,13)14/h2-5,9,16-17H,1H3. The van der Waals surface area contributed by atoms with Gasteiger partial charge in [-0.05, 0) is 19.1 Å². The number of halogens is 3. The van der Waals surface area contributed by atoms with E-state index >= 15 is 0 Å². The number of nitriles is 1. The first kappa shape index (κ1) is 16.4. The summed E-state index contributed by atoms with van der Waals surface area (Å²) in [5, 5.41) is 23.5. The minimum Gasteiger partial charge on any atom is -0.357 e. The first-order chi connectivity index (χ1) is 8.94. The molecule has 0 aliphatic carbocycles. The van der Waals surface area contributed by atoms with Crippen LogP contribution in [-0.2, 0) is 9.84 Å². The molecule has 110 valence electrons. The van der Waals surface area contributed by atoms with Gasteiger partial charge in [0.1, 0.15) is 0 Å². The van der Waals surface area contributed by atoms with Gasteiger partial charge in [-0.3, -0.25) is 0 Å². The lowest BCUT2D eigenvalue weighted by Crippen LogP contribution is -2.56. The largest absolute Gasteiger partial charge is 0.445 e. The van der Waals surface area contributed by atoms with Gasteiger partial charge in [-0.1, -0.05) is 17.7 Å². The third-order valence-electron chi connectivity index (χ3n) is 2.56. The molecule has 1 aromatic rings. The number of benzene rings is 1. The van der Waals surface area contributed by atoms with Crippen molar-refractivity contribution in [2.45, 2.75) is 29.0 Å². The van der Waals surface area contributed by atoms with E-state index in [0.717, 1.165) is 18.2 Å². The van der Waals surface area contributed by atoms with Gasteiger partial charge in [0.05, 0.1) is 11.0 Å². The fourth-order valence-corrected chi connectivity index (χ4v) is 2.88. The monoisotopic (exact) mass is 309 g/mol. The Balaban J connectivity index is 3.39. The molecular formula is C11H10F3NO4S. The average Bonchev–Trinajstić information content (AvgIpc) is 2.28. The lowest BCUT2D eigenvalue weighted by atomic mass is 10.2. The van der Waals surface area contributed by atoms with E-state index in [2.05, 4.69) is 0 Å². The molecule has 5 nitrogen and oxygen atoms in total. The van der Waals surface area contributed by atoms with Crippen molar-refractivity contribution in [1.82, 2.24) is 0 Å². The van der Waals surface area contributed by atoms with Crippen molar-refractivity contribution in [3.63, 3.8) is 0 Å². The highest BCUT2D eigenvalue weighted by molar-refractivity contribution is 7.92. The van der Waals surface area contributed by atoms with Crippen LogP contribution in [-0.4, -0.2) is 35.8 Å². The van der Waals surface area contributed by atoms with Gasteiger partial charge < -0.3 is 10.2 Å². The Hall–Kier alpha value is -1.63. The maximum Gasteiger partial charge on any atom is 0.445 e. The summed E-state index contributed by atoms with van der Waals surface area (Å²) >= 11 is 0. The predicted octanol–water partition coefficient (Wildman–Crippen LogP) is 0.904. The average molecular weight is 309 g/mol. The van der Waals surface area contributed by atoms with Crippen LogP contribution in [0.25, 0.3) is 0 Å². The Morgan fingerprint density at radius 2 is 1.65 bits per heavy atom. The molecule has 0 aliphatic heterocycles. The summed E-state index contributed by atoms with van der Waals surface area (Å²) in [6, 6.07) is 5.39. The molecular weight excluding hydrogens is 299 g/mol. The summed E-state index contributed by atoms with van der Waals surface area (Å²) in [4.78, 5) is -0.605. The van der Waals surface area contributed by atoms with Crippen LogP contribution in [0.15, 0.2) is 29.2 Å². The Labute approximate surface area is 112 Å². The van der Waals surface area contributed by atoms with E-state index in [1.54, 1.807) is 6.92 Å². The smallest absolute Gasteiger partial charge is 0.357 e. The zero-order valence-electron chi connectivity index (χ0n) is 10.1. The fourth-order valence-electron chi connectivity index (χ4n) is 1.39. The summed E-state index contributed by atoms with van der Waals surface area (Å²) in [6.45, 7) is 1.62. The van der Waals surface area contributed by atoms with Crippen molar-refractivity contribution in [2.24, 2.45) is 0 Å². The van der Waals surface area contributed by atoms with Crippen LogP contribution in [0.3, 0.4) is 0 Å². The fraction of sp³-hybridized carbons (Fsp3) is 0.364. The lowest BCUT2D eigenvalue weighted by molar-refractivity contribution is -0.343. The molecule has 0 fully saturated rings. The van der Waals surface area contributed by atoms with Crippen LogP contribution in [0.5, 0.6) is 0 Å². The highest BCUT2D eigenvalue weighted by Gasteiger charge is 2.63. The van der Waals surface area contributed by atoms with E-state index in [9.17, 15) is 21.6 Å². The van der Waals surface area contributed by atoms with E-state index in [1.807, 2.05) is 0 Å². The van der Waals surface area contributed by atoms with Crippen LogP contribution in [0.4, 0.5) is 13.2 Å². The maximum atomic E-state index is 12.5. The third kappa shape index (κ3) is 2.77. The molecule has 0 aromatic heterocycles. The van der Waals surface area contributed by atoms with Gasteiger partial charge in [-0.25, -0.2) is 8.42 Å². The summed E-state index contributed by atoms with van der Waals surface area (Å²) in [5.41, 5.74) is 0.646. The normalized spacial score (nSPS) is 14.7. The van der Waals surface area contributed by atoms with Crippen LogP contribution >= 0.6 is 0 Å². The molecule has 1 unspecified atom stereocenters. The van der Waals surface area contributed by atoms with E-state index in [0.29, 0.717) is 5.56 Å². The Morgan fingerprint density at radius 3 is 2.00 bits per heavy atom. The molecule has 2 N–H and O–H groups in total. The SMILES string of the molecule is Cc1ccc(S(=O)(=O)C(C#N)C(O)(O)C(F)(F)F)cc1. The van der Waals surface area contributed by atoms with Crippen molar-refractivity contribution < 1.29 is 31.8 Å². The zero-order chi connectivity index (χ0) is 15.8. The molecule has 0 radical (unpaired) electrons. The molecule has 0 saturated heterocycles. The molecule has 9 heteroatoms. The molecule has 1 atom stereocenters. The highest BCUT2D eigenvalue weighted by Crippen LogP contribution is 2.35. The summed E-state index contributed by atoms with van der Waals surface area (Å²) < 4.78 is 61.2. The van der Waals surface area contributed by atoms with Gasteiger partial charge in [0.2, 0.25) is 5.25 Å². The quantitative estimate of drug-likeness (QED) is 0.809. The number of hydrogen-bond acceptors (Lipinski definition) is 5. The minimum atomic E-state index is -5.69. The Bertz CT molecular complexity index is 629. The van der Waals surface area contributed by atoms with Crippen molar-refractivity contribution >= 4 is 9.84 Å². The summed E-state index contributed by atoms with van der Waals surface area (Å²) in [6.07, 6.45) is -5.69. The second-order valence-electron chi connectivity index (χ2n) is 4.09. The highest BCUT2D eigenvalue weighted by atomic mass is 32.2. The van der Waals surface area contributed by atoms with Crippen LogP contribution < -0.4 is 0 Å². The summed E-state index contributed by atoms with van der Waals surface area (Å²) in [5.74, 6) is -4.66. The number of aliphatic hydroxyl groups is 2. The van der Waals surface area contributed by atoms with Gasteiger partial charge in [0.15, 0.2) is 9.84 Å². The summed E-state index contributed by atoms with van der Waals surface area (Å²) in [7, 11) is -4.89. The molecule has 0 saturated carbocycles. The van der Waals surface area contributed by atoms with Gasteiger partial charge in [-0.15, -0.1) is 0 Å². The number of rotatable bonds is 3. The maximum absolute atomic E-state index is 12.5. The van der Waals surface area contributed by atoms with Crippen molar-refractivity contribution in [2.75, 3.05) is 0 Å². The van der Waals surface area contributed by atoms with Crippen LogP contribution in [0.2, 0.25) is 0 Å². The van der Waals surface area contributed by atoms with Gasteiger partial charge in [0.25, 0.3) is 5.79 Å². The molecule has 20 heavy (non-hydrogen) atoms. The Morgan fingerprint density at radius 1 is 1.20 bits per heavy atom. The van der Waals surface area contributed by atoms with E-state index in [-0.39, 0.29) is 0 Å². The second kappa shape index (κ2) is 5.05. The van der Waals surface area contributed by atoms with E-state index < -0.39 is 31.9 Å². The molecule has 0 spiro atoms. The predicted molar refractivity (Wildman–Crippen MR) is 61.0 cm³/mol. The number of hydrogen-bond donors (Lipinski definition) is 2. The molecule has 0 aliphatic rings. The lowest BCUT2D eigenvalue weighted by Gasteiger charge is -2.28. The van der Waals surface area contributed by atoms with Crippen molar-refractivity contribution in [3.8, 4) is 6.07 Å². The first-order valence-corrected chi connectivity index (χ1v) is 6.71. The number of sulfone groups is 1. The number of alkyl halides is 3. The third-order valence-corrected chi connectivity index (χ3v) is 4.54. The minimum absolute atomic E-state index is 0.605. The molecule has 0 amide bonds. The molecule has 1 aromatic carbocycles. The second-order valence-corrected chi connectivity index (χ2v) is 6.12. The van der Waals surface area contributed by atoms with Gasteiger partial charge >= 0.3 is 6.18 Å².